The minimum absolute atomic E-state index is 0.183. The van der Waals surface area contributed by atoms with Gasteiger partial charge in [-0.2, -0.15) is 4.31 Å². The molecule has 9 heteroatoms. The van der Waals surface area contributed by atoms with E-state index in [4.69, 9.17) is 0 Å². The highest BCUT2D eigenvalue weighted by Gasteiger charge is 2.31. The van der Waals surface area contributed by atoms with Crippen molar-refractivity contribution in [2.75, 3.05) is 26.2 Å². The second kappa shape index (κ2) is 8.69. The molecule has 0 saturated carbocycles. The lowest BCUT2D eigenvalue weighted by molar-refractivity contribution is 0.169. The van der Waals surface area contributed by atoms with Crippen LogP contribution < -0.4 is 5.32 Å². The van der Waals surface area contributed by atoms with E-state index in [1.54, 1.807) is 26.0 Å². The number of hydrogen-bond donors (Lipinski definition) is 1. The number of aryl methyl sites for hydroxylation is 2. The number of urea groups is 1. The summed E-state index contributed by atoms with van der Waals surface area (Å²) in [6.45, 7) is 6.11. The molecule has 6 nitrogen and oxygen atoms in total. The van der Waals surface area contributed by atoms with Gasteiger partial charge in [0.1, 0.15) is 0 Å². The summed E-state index contributed by atoms with van der Waals surface area (Å²) in [5.41, 5.74) is 1.99. The summed E-state index contributed by atoms with van der Waals surface area (Å²) >= 11 is 0. The molecule has 3 rings (SSSR count). The van der Waals surface area contributed by atoms with Crippen LogP contribution in [0.1, 0.15) is 29.7 Å². The predicted octanol–water partition coefficient (Wildman–Crippen LogP) is 3.36. The molecular weight excluding hydrogens is 412 g/mol. The van der Waals surface area contributed by atoms with Gasteiger partial charge in [-0.05, 0) is 55.7 Å². The fourth-order valence-electron chi connectivity index (χ4n) is 3.40. The maximum absolute atomic E-state index is 13.4. The first-order chi connectivity index (χ1) is 14.1. The van der Waals surface area contributed by atoms with Gasteiger partial charge in [-0.1, -0.05) is 18.2 Å². The Morgan fingerprint density at radius 3 is 2.30 bits per heavy atom. The fraction of sp³-hybridized carbons (Fsp3) is 0.381. The Hall–Kier alpha value is -2.52. The van der Waals surface area contributed by atoms with Crippen LogP contribution in [0, 0.1) is 25.5 Å². The molecule has 1 saturated heterocycles. The summed E-state index contributed by atoms with van der Waals surface area (Å²) in [5.74, 6) is -1.92. The first-order valence-corrected chi connectivity index (χ1v) is 11.1. The number of hydrogen-bond acceptors (Lipinski definition) is 3. The van der Waals surface area contributed by atoms with Crippen LogP contribution in [0.5, 0.6) is 0 Å². The van der Waals surface area contributed by atoms with Crippen molar-refractivity contribution in [2.45, 2.75) is 31.7 Å². The summed E-state index contributed by atoms with van der Waals surface area (Å²) in [7, 11) is -3.64. The Morgan fingerprint density at radius 2 is 1.67 bits per heavy atom. The number of carbonyl (C=O) groups excluding carboxylic acids is 1. The van der Waals surface area contributed by atoms with Crippen molar-refractivity contribution in [1.82, 2.24) is 14.5 Å². The number of benzene rings is 2. The molecule has 162 valence electrons. The van der Waals surface area contributed by atoms with E-state index in [1.807, 2.05) is 13.0 Å². The van der Waals surface area contributed by atoms with E-state index in [0.29, 0.717) is 11.1 Å². The lowest BCUT2D eigenvalue weighted by Crippen LogP contribution is -2.53. The Morgan fingerprint density at radius 1 is 1.00 bits per heavy atom. The number of rotatable bonds is 4. The molecule has 1 heterocycles. The SMILES string of the molecule is Cc1ccc(C)c(S(=O)(=O)N2CCN(C(=O)NC(C)c3ccc(F)c(F)c3)CC2)c1. The molecule has 0 aromatic heterocycles. The normalized spacial score (nSPS) is 16.4. The molecule has 30 heavy (non-hydrogen) atoms. The van der Waals surface area contributed by atoms with Crippen LogP contribution in [-0.2, 0) is 10.0 Å². The van der Waals surface area contributed by atoms with Gasteiger partial charge >= 0.3 is 6.03 Å². The summed E-state index contributed by atoms with van der Waals surface area (Å²) < 4.78 is 53.9. The maximum Gasteiger partial charge on any atom is 0.317 e. The zero-order valence-electron chi connectivity index (χ0n) is 17.2. The van der Waals surface area contributed by atoms with Crippen molar-refractivity contribution in [3.05, 3.63) is 64.7 Å². The van der Waals surface area contributed by atoms with E-state index >= 15 is 0 Å². The summed E-state index contributed by atoms with van der Waals surface area (Å²) in [6.07, 6.45) is 0. The molecule has 2 aromatic rings. The number of nitrogens with zero attached hydrogens (tertiary/aromatic N) is 2. The summed E-state index contributed by atoms with van der Waals surface area (Å²) in [5, 5.41) is 2.74. The molecule has 1 atom stereocenters. The second-order valence-electron chi connectivity index (χ2n) is 7.50. The molecule has 1 N–H and O–H groups in total. The van der Waals surface area contributed by atoms with Gasteiger partial charge in [-0.15, -0.1) is 0 Å². The van der Waals surface area contributed by atoms with Crippen LogP contribution in [0.15, 0.2) is 41.3 Å². The van der Waals surface area contributed by atoms with Crippen LogP contribution in [-0.4, -0.2) is 49.8 Å². The average Bonchev–Trinajstić information content (AvgIpc) is 2.71. The lowest BCUT2D eigenvalue weighted by atomic mass is 10.1. The number of piperazine rings is 1. The first-order valence-electron chi connectivity index (χ1n) is 9.67. The van der Waals surface area contributed by atoms with Crippen molar-refractivity contribution in [1.29, 1.82) is 0 Å². The third-order valence-corrected chi connectivity index (χ3v) is 7.31. The van der Waals surface area contributed by atoms with E-state index < -0.39 is 27.7 Å². The van der Waals surface area contributed by atoms with Crippen LogP contribution in [0.3, 0.4) is 0 Å². The predicted molar refractivity (Wildman–Crippen MR) is 110 cm³/mol. The van der Waals surface area contributed by atoms with Gasteiger partial charge in [-0.25, -0.2) is 22.0 Å². The minimum Gasteiger partial charge on any atom is -0.331 e. The second-order valence-corrected chi connectivity index (χ2v) is 9.41. The van der Waals surface area contributed by atoms with E-state index in [2.05, 4.69) is 5.32 Å². The van der Waals surface area contributed by atoms with Crippen molar-refractivity contribution < 1.29 is 22.0 Å². The van der Waals surface area contributed by atoms with Gasteiger partial charge < -0.3 is 10.2 Å². The number of sulfonamides is 1. The fourth-order valence-corrected chi connectivity index (χ4v) is 5.13. The molecular formula is C21H25F2N3O3S. The molecule has 0 bridgehead atoms. The molecule has 0 aliphatic carbocycles. The Bertz CT molecular complexity index is 1050. The Balaban J connectivity index is 1.62. The minimum atomic E-state index is -3.64. The number of amides is 2. The van der Waals surface area contributed by atoms with Gasteiger partial charge in [0.05, 0.1) is 10.9 Å². The summed E-state index contributed by atoms with van der Waals surface area (Å²) in [4.78, 5) is 14.3. The molecule has 0 radical (unpaired) electrons. The number of carbonyl (C=O) groups is 1. The van der Waals surface area contributed by atoms with E-state index in [1.165, 1.54) is 15.3 Å². The van der Waals surface area contributed by atoms with Crippen molar-refractivity contribution in [2.24, 2.45) is 0 Å². The molecule has 1 fully saturated rings. The highest BCUT2D eigenvalue weighted by Crippen LogP contribution is 2.23. The first kappa shape index (κ1) is 22.2. The van der Waals surface area contributed by atoms with Gasteiger partial charge in [-0.3, -0.25) is 0 Å². The van der Waals surface area contributed by atoms with Crippen molar-refractivity contribution in [3.63, 3.8) is 0 Å². The zero-order valence-corrected chi connectivity index (χ0v) is 18.0. The van der Waals surface area contributed by atoms with Gasteiger partial charge in [0.25, 0.3) is 0 Å². The molecule has 2 amide bonds. The smallest absolute Gasteiger partial charge is 0.317 e. The molecule has 2 aromatic carbocycles. The van der Waals surface area contributed by atoms with Crippen LogP contribution in [0.2, 0.25) is 0 Å². The largest absolute Gasteiger partial charge is 0.331 e. The van der Waals surface area contributed by atoms with Crippen molar-refractivity contribution >= 4 is 16.1 Å². The van der Waals surface area contributed by atoms with E-state index in [-0.39, 0.29) is 37.1 Å². The van der Waals surface area contributed by atoms with Crippen LogP contribution in [0.25, 0.3) is 0 Å². The highest BCUT2D eigenvalue weighted by atomic mass is 32.2. The van der Waals surface area contributed by atoms with Crippen molar-refractivity contribution in [3.8, 4) is 0 Å². The average molecular weight is 438 g/mol. The lowest BCUT2D eigenvalue weighted by Gasteiger charge is -2.35. The quantitative estimate of drug-likeness (QED) is 0.798. The van der Waals surface area contributed by atoms with Crippen LogP contribution >= 0.6 is 0 Å². The van der Waals surface area contributed by atoms with Gasteiger partial charge in [0.2, 0.25) is 10.0 Å². The van der Waals surface area contributed by atoms with E-state index in [0.717, 1.165) is 17.7 Å². The Kier molecular flexibility index (Phi) is 6.42. The Labute approximate surface area is 175 Å². The molecule has 1 unspecified atom stereocenters. The van der Waals surface area contributed by atoms with Gasteiger partial charge in [0, 0.05) is 26.2 Å². The highest BCUT2D eigenvalue weighted by molar-refractivity contribution is 7.89. The summed E-state index contributed by atoms with van der Waals surface area (Å²) in [6, 6.07) is 7.89. The van der Waals surface area contributed by atoms with Gasteiger partial charge in [0.15, 0.2) is 11.6 Å². The standard InChI is InChI=1S/C21H25F2N3O3S/c1-14-4-5-15(2)20(12-14)30(28,29)26-10-8-25(9-11-26)21(27)24-16(3)17-6-7-18(22)19(23)13-17/h4-7,12-13,16H,8-11H2,1-3H3,(H,24,27). The maximum atomic E-state index is 13.4. The molecule has 1 aliphatic rings. The number of nitrogens with one attached hydrogen (secondary N) is 1. The van der Waals surface area contributed by atoms with E-state index in [9.17, 15) is 22.0 Å². The topological polar surface area (TPSA) is 69.7 Å². The third kappa shape index (κ3) is 4.62. The monoisotopic (exact) mass is 437 g/mol. The number of halogens is 2. The zero-order chi connectivity index (χ0) is 22.1. The molecule has 1 aliphatic heterocycles. The van der Waals surface area contributed by atoms with Crippen LogP contribution in [0.4, 0.5) is 13.6 Å². The third-order valence-electron chi connectivity index (χ3n) is 5.27. The molecule has 0 spiro atoms.